The van der Waals surface area contributed by atoms with Gasteiger partial charge in [0.15, 0.2) is 0 Å². The topological polar surface area (TPSA) is 90.9 Å². The molecule has 0 aliphatic carbocycles. The molecule has 1 aliphatic rings. The Morgan fingerprint density at radius 2 is 1.88 bits per heavy atom. The first kappa shape index (κ1) is 17.5. The molecule has 1 aromatic rings. The third-order valence-corrected chi connectivity index (χ3v) is 3.21. The monoisotopic (exact) mass is 333 g/mol. The summed E-state index contributed by atoms with van der Waals surface area (Å²) in [5.74, 6) is -0.435. The number of rotatable bonds is 8. The molecule has 0 spiro atoms. The highest BCUT2D eigenvalue weighted by atomic mass is 16.5. The van der Waals surface area contributed by atoms with Crippen molar-refractivity contribution in [1.29, 1.82) is 0 Å². The minimum Gasteiger partial charge on any atom is -0.494 e. The number of hydrogen-bond acceptors (Lipinski definition) is 6. The summed E-state index contributed by atoms with van der Waals surface area (Å²) >= 11 is 0. The Morgan fingerprint density at radius 1 is 1.12 bits per heavy atom. The third kappa shape index (κ3) is 4.58. The van der Waals surface area contributed by atoms with E-state index in [9.17, 15) is 14.4 Å². The Hall–Kier alpha value is -2.83. The van der Waals surface area contributed by atoms with E-state index in [0.717, 1.165) is 6.08 Å². The van der Waals surface area contributed by atoms with E-state index in [0.29, 0.717) is 30.3 Å². The van der Waals surface area contributed by atoms with Crippen molar-refractivity contribution in [1.82, 2.24) is 5.32 Å². The molecule has 0 saturated heterocycles. The minimum atomic E-state index is -0.595. The number of imide groups is 1. The zero-order valence-corrected chi connectivity index (χ0v) is 13.6. The van der Waals surface area contributed by atoms with Crippen LogP contribution in [0.15, 0.2) is 29.8 Å². The summed E-state index contributed by atoms with van der Waals surface area (Å²) in [6.45, 7) is 4.74. The molecule has 0 saturated carbocycles. The van der Waals surface area contributed by atoms with E-state index in [4.69, 9.17) is 14.2 Å². The SMILES string of the molecule is CCOc1ccc(COC(=O)CC2=CC(=O)NC2=O)c(OCC)c1. The summed E-state index contributed by atoms with van der Waals surface area (Å²) < 4.78 is 16.1. The van der Waals surface area contributed by atoms with Gasteiger partial charge in [-0.3, -0.25) is 19.7 Å². The second-order valence-corrected chi connectivity index (χ2v) is 4.96. The fraction of sp³-hybridized carbons (Fsp3) is 0.353. The van der Waals surface area contributed by atoms with E-state index >= 15 is 0 Å². The van der Waals surface area contributed by atoms with Crippen LogP contribution in [-0.2, 0) is 25.7 Å². The molecule has 0 bridgehead atoms. The van der Waals surface area contributed by atoms with Gasteiger partial charge in [0.2, 0.25) is 0 Å². The summed E-state index contributed by atoms with van der Waals surface area (Å²) in [6, 6.07) is 5.26. The molecule has 0 fully saturated rings. The fourth-order valence-corrected chi connectivity index (χ4v) is 2.15. The summed E-state index contributed by atoms with van der Waals surface area (Å²) in [4.78, 5) is 34.3. The number of nitrogens with one attached hydrogen (secondary N) is 1. The van der Waals surface area contributed by atoms with Gasteiger partial charge in [-0.2, -0.15) is 0 Å². The van der Waals surface area contributed by atoms with Crippen LogP contribution < -0.4 is 14.8 Å². The standard InChI is InChI=1S/C17H19NO6/c1-3-22-13-6-5-11(14(9-13)23-4-2)10-24-16(20)8-12-7-15(19)18-17(12)21/h5-7,9H,3-4,8,10H2,1-2H3,(H,18,19,21). The van der Waals surface area contributed by atoms with Gasteiger partial charge in [-0.05, 0) is 26.0 Å². The van der Waals surface area contributed by atoms with Gasteiger partial charge in [-0.25, -0.2) is 0 Å². The van der Waals surface area contributed by atoms with Gasteiger partial charge in [0, 0.05) is 23.3 Å². The van der Waals surface area contributed by atoms with Crippen LogP contribution in [0.1, 0.15) is 25.8 Å². The minimum absolute atomic E-state index is 0.00339. The molecule has 0 aromatic heterocycles. The molecule has 1 aliphatic heterocycles. The summed E-state index contributed by atoms with van der Waals surface area (Å²) in [5, 5.41) is 2.08. The molecule has 0 atom stereocenters. The molecule has 24 heavy (non-hydrogen) atoms. The van der Waals surface area contributed by atoms with Gasteiger partial charge in [-0.15, -0.1) is 0 Å². The lowest BCUT2D eigenvalue weighted by atomic mass is 10.2. The number of carbonyl (C=O) groups excluding carboxylic acids is 3. The maximum Gasteiger partial charge on any atom is 0.310 e. The zero-order valence-electron chi connectivity index (χ0n) is 13.6. The molecule has 7 nitrogen and oxygen atoms in total. The maximum atomic E-state index is 11.8. The number of ether oxygens (including phenoxy) is 3. The lowest BCUT2D eigenvalue weighted by Gasteiger charge is -2.13. The predicted molar refractivity (Wildman–Crippen MR) is 84.4 cm³/mol. The number of carbonyl (C=O) groups is 3. The van der Waals surface area contributed by atoms with Crippen molar-refractivity contribution >= 4 is 17.8 Å². The van der Waals surface area contributed by atoms with E-state index in [1.165, 1.54) is 0 Å². The molecule has 2 amide bonds. The highest BCUT2D eigenvalue weighted by Gasteiger charge is 2.23. The molecular formula is C17H19NO6. The van der Waals surface area contributed by atoms with Crippen LogP contribution in [0, 0.1) is 0 Å². The summed E-state index contributed by atoms with van der Waals surface area (Å²) in [5.41, 5.74) is 0.788. The fourth-order valence-electron chi connectivity index (χ4n) is 2.15. The van der Waals surface area contributed by atoms with Gasteiger partial charge < -0.3 is 14.2 Å². The Bertz CT molecular complexity index is 680. The van der Waals surface area contributed by atoms with E-state index < -0.39 is 17.8 Å². The van der Waals surface area contributed by atoms with Gasteiger partial charge >= 0.3 is 5.97 Å². The first-order valence-electron chi connectivity index (χ1n) is 7.63. The maximum absolute atomic E-state index is 11.8. The highest BCUT2D eigenvalue weighted by molar-refractivity contribution is 6.17. The average Bonchev–Trinajstić information content (AvgIpc) is 2.84. The van der Waals surface area contributed by atoms with Gasteiger partial charge in [-0.1, -0.05) is 0 Å². The second kappa shape index (κ2) is 8.14. The lowest BCUT2D eigenvalue weighted by molar-refractivity contribution is -0.144. The summed E-state index contributed by atoms with van der Waals surface area (Å²) in [7, 11) is 0. The Labute approximate surface area is 139 Å². The van der Waals surface area contributed by atoms with Crippen molar-refractivity contribution in [2.24, 2.45) is 0 Å². The van der Waals surface area contributed by atoms with Gasteiger partial charge in [0.25, 0.3) is 11.8 Å². The Morgan fingerprint density at radius 3 is 2.50 bits per heavy atom. The largest absolute Gasteiger partial charge is 0.494 e. The van der Waals surface area contributed by atoms with Crippen LogP contribution in [0.3, 0.4) is 0 Å². The number of amides is 2. The van der Waals surface area contributed by atoms with Crippen molar-refractivity contribution in [3.63, 3.8) is 0 Å². The van der Waals surface area contributed by atoms with Gasteiger partial charge in [0.05, 0.1) is 19.6 Å². The van der Waals surface area contributed by atoms with Crippen molar-refractivity contribution < 1.29 is 28.6 Å². The number of benzene rings is 1. The first-order chi connectivity index (χ1) is 11.5. The predicted octanol–water partition coefficient (Wildman–Crippen LogP) is 1.50. The van der Waals surface area contributed by atoms with Crippen LogP contribution in [0.2, 0.25) is 0 Å². The lowest BCUT2D eigenvalue weighted by Crippen LogP contribution is -2.23. The molecule has 2 rings (SSSR count). The van der Waals surface area contributed by atoms with Crippen molar-refractivity contribution in [3.05, 3.63) is 35.4 Å². The number of esters is 1. The van der Waals surface area contributed by atoms with Crippen molar-refractivity contribution in [2.75, 3.05) is 13.2 Å². The Balaban J connectivity index is 1.97. The van der Waals surface area contributed by atoms with Crippen molar-refractivity contribution in [3.8, 4) is 11.5 Å². The quantitative estimate of drug-likeness (QED) is 0.573. The smallest absolute Gasteiger partial charge is 0.310 e. The molecule has 1 aromatic carbocycles. The zero-order chi connectivity index (χ0) is 17.5. The first-order valence-corrected chi connectivity index (χ1v) is 7.63. The van der Waals surface area contributed by atoms with Gasteiger partial charge in [0.1, 0.15) is 18.1 Å². The molecule has 0 unspecified atom stereocenters. The van der Waals surface area contributed by atoms with Crippen molar-refractivity contribution in [2.45, 2.75) is 26.9 Å². The van der Waals surface area contributed by atoms with Crippen LogP contribution >= 0.6 is 0 Å². The highest BCUT2D eigenvalue weighted by Crippen LogP contribution is 2.26. The van der Waals surface area contributed by atoms with Crippen LogP contribution in [0.5, 0.6) is 11.5 Å². The molecule has 7 heteroatoms. The van der Waals surface area contributed by atoms with E-state index in [1.807, 2.05) is 13.8 Å². The van der Waals surface area contributed by atoms with E-state index in [2.05, 4.69) is 5.32 Å². The van der Waals surface area contributed by atoms with Crippen LogP contribution in [-0.4, -0.2) is 31.0 Å². The van der Waals surface area contributed by atoms with Crippen LogP contribution in [0.25, 0.3) is 0 Å². The molecular weight excluding hydrogens is 314 g/mol. The van der Waals surface area contributed by atoms with Crippen LogP contribution in [0.4, 0.5) is 0 Å². The molecule has 128 valence electrons. The molecule has 1 heterocycles. The second-order valence-electron chi connectivity index (χ2n) is 4.96. The molecule has 0 radical (unpaired) electrons. The van der Waals surface area contributed by atoms with E-state index in [1.54, 1.807) is 18.2 Å². The average molecular weight is 333 g/mol. The third-order valence-electron chi connectivity index (χ3n) is 3.21. The molecule has 1 N–H and O–H groups in total. The van der Waals surface area contributed by atoms with E-state index in [-0.39, 0.29) is 18.6 Å². The number of hydrogen-bond donors (Lipinski definition) is 1. The normalized spacial score (nSPS) is 13.3. The summed E-state index contributed by atoms with van der Waals surface area (Å²) in [6.07, 6.45) is 0.852. The Kier molecular flexibility index (Phi) is 5.95.